The lowest BCUT2D eigenvalue weighted by Crippen LogP contribution is -2.11. The molecule has 3 nitrogen and oxygen atoms in total. The Balaban J connectivity index is 1.68. The van der Waals surface area contributed by atoms with Crippen molar-refractivity contribution in [1.29, 1.82) is 0 Å². The van der Waals surface area contributed by atoms with Crippen LogP contribution in [0, 0.1) is 13.0 Å². The molecule has 0 bridgehead atoms. The summed E-state index contributed by atoms with van der Waals surface area (Å²) < 4.78 is 2.30. The van der Waals surface area contributed by atoms with E-state index in [1.165, 1.54) is 21.9 Å². The van der Waals surface area contributed by atoms with Crippen LogP contribution in [-0.4, -0.2) is 10.5 Å². The topological polar surface area (TPSA) is 48.0 Å². The van der Waals surface area contributed by atoms with Crippen molar-refractivity contribution in [3.05, 3.63) is 120 Å². The van der Waals surface area contributed by atoms with Gasteiger partial charge in [-0.2, -0.15) is 0 Å². The SMILES string of the molecule is Cc1ccc2ccccc2c1Cn1c2cc(-c3ccccc3)c[c]c2c2c(C(N)=O)cccc21. The van der Waals surface area contributed by atoms with Crippen molar-refractivity contribution in [3.63, 3.8) is 0 Å². The van der Waals surface area contributed by atoms with Gasteiger partial charge in [-0.1, -0.05) is 72.8 Å². The van der Waals surface area contributed by atoms with Crippen LogP contribution in [0.3, 0.4) is 0 Å². The Morgan fingerprint density at radius 1 is 0.853 bits per heavy atom. The Hall–Kier alpha value is -4.37. The highest BCUT2D eigenvalue weighted by atomic mass is 16.1. The molecule has 0 aliphatic carbocycles. The minimum atomic E-state index is -0.425. The summed E-state index contributed by atoms with van der Waals surface area (Å²) in [6, 6.07) is 36.6. The predicted octanol–water partition coefficient (Wildman–Crippen LogP) is 6.87. The molecule has 1 amide bonds. The van der Waals surface area contributed by atoms with Crippen LogP contribution < -0.4 is 5.73 Å². The summed E-state index contributed by atoms with van der Waals surface area (Å²) in [7, 11) is 0. The molecule has 6 rings (SSSR count). The minimum Gasteiger partial charge on any atom is -0.366 e. The first-order valence-electron chi connectivity index (χ1n) is 11.4. The number of carbonyl (C=O) groups is 1. The number of aromatic nitrogens is 1. The summed E-state index contributed by atoms with van der Waals surface area (Å²) in [6.45, 7) is 2.84. The number of rotatable bonds is 4. The predicted molar refractivity (Wildman–Crippen MR) is 140 cm³/mol. The van der Waals surface area contributed by atoms with Crippen LogP contribution in [0.4, 0.5) is 0 Å². The van der Waals surface area contributed by atoms with E-state index in [9.17, 15) is 4.79 Å². The van der Waals surface area contributed by atoms with Gasteiger partial charge in [0.15, 0.2) is 0 Å². The summed E-state index contributed by atoms with van der Waals surface area (Å²) >= 11 is 0. The lowest BCUT2D eigenvalue weighted by atomic mass is 9.99. The maximum atomic E-state index is 12.3. The second-order valence-electron chi connectivity index (χ2n) is 8.75. The Morgan fingerprint density at radius 3 is 2.47 bits per heavy atom. The normalized spacial score (nSPS) is 11.4. The van der Waals surface area contributed by atoms with Crippen molar-refractivity contribution < 1.29 is 4.79 Å². The van der Waals surface area contributed by atoms with Crippen LogP contribution in [0.25, 0.3) is 43.7 Å². The van der Waals surface area contributed by atoms with E-state index in [2.05, 4.69) is 78.2 Å². The molecule has 0 fully saturated rings. The summed E-state index contributed by atoms with van der Waals surface area (Å²) in [4.78, 5) is 12.3. The number of primary amides is 1. The minimum absolute atomic E-state index is 0.425. The van der Waals surface area contributed by atoms with Gasteiger partial charge in [-0.05, 0) is 70.3 Å². The molecule has 0 aliphatic rings. The third kappa shape index (κ3) is 3.17. The fourth-order valence-corrected chi connectivity index (χ4v) is 5.04. The number of fused-ring (bicyclic) bond motifs is 4. The van der Waals surface area contributed by atoms with E-state index in [1.54, 1.807) is 6.07 Å². The highest BCUT2D eigenvalue weighted by molar-refractivity contribution is 6.18. The Bertz CT molecular complexity index is 1710. The summed E-state index contributed by atoms with van der Waals surface area (Å²) in [5, 5.41) is 4.24. The fourth-order valence-electron chi connectivity index (χ4n) is 5.04. The van der Waals surface area contributed by atoms with E-state index in [-0.39, 0.29) is 0 Å². The highest BCUT2D eigenvalue weighted by Gasteiger charge is 2.18. The van der Waals surface area contributed by atoms with E-state index < -0.39 is 5.91 Å². The number of aryl methyl sites for hydroxylation is 1. The zero-order valence-corrected chi connectivity index (χ0v) is 18.9. The molecule has 0 unspecified atom stereocenters. The average molecular weight is 440 g/mol. The van der Waals surface area contributed by atoms with Gasteiger partial charge in [0, 0.05) is 22.9 Å². The molecule has 1 radical (unpaired) electrons. The van der Waals surface area contributed by atoms with E-state index in [0.29, 0.717) is 12.1 Å². The van der Waals surface area contributed by atoms with Gasteiger partial charge in [0.05, 0.1) is 11.0 Å². The van der Waals surface area contributed by atoms with Gasteiger partial charge in [0.2, 0.25) is 5.91 Å². The van der Waals surface area contributed by atoms with Crippen LogP contribution in [0.15, 0.2) is 97.1 Å². The van der Waals surface area contributed by atoms with E-state index >= 15 is 0 Å². The first-order chi connectivity index (χ1) is 16.6. The second-order valence-corrected chi connectivity index (χ2v) is 8.75. The standard InChI is InChI=1S/C31H23N2O/c1-20-14-15-22-10-5-6-11-24(22)27(20)19-33-28-13-7-12-26(31(32)34)30(28)25-17-16-23(18-29(25)33)21-8-3-2-4-9-21/h2-16,18H,19H2,1H3,(H2,32,34). The smallest absolute Gasteiger partial charge is 0.249 e. The van der Waals surface area contributed by atoms with Crippen molar-refractivity contribution >= 4 is 38.5 Å². The Kier molecular flexibility index (Phi) is 4.70. The largest absolute Gasteiger partial charge is 0.366 e. The first-order valence-corrected chi connectivity index (χ1v) is 11.4. The van der Waals surface area contributed by atoms with Crippen molar-refractivity contribution in [2.45, 2.75) is 13.5 Å². The first kappa shape index (κ1) is 20.3. The molecule has 3 heteroatoms. The second kappa shape index (κ2) is 7.89. The van der Waals surface area contributed by atoms with Crippen molar-refractivity contribution in [2.24, 2.45) is 5.73 Å². The zero-order chi connectivity index (χ0) is 23.2. The average Bonchev–Trinajstić information content (AvgIpc) is 3.19. The van der Waals surface area contributed by atoms with Crippen molar-refractivity contribution in [2.75, 3.05) is 0 Å². The maximum absolute atomic E-state index is 12.3. The van der Waals surface area contributed by atoms with Gasteiger partial charge in [0.1, 0.15) is 0 Å². The highest BCUT2D eigenvalue weighted by Crippen LogP contribution is 2.35. The van der Waals surface area contributed by atoms with Gasteiger partial charge in [0.25, 0.3) is 0 Å². The molecular formula is C31H23N2O. The molecular weight excluding hydrogens is 416 g/mol. The molecule has 0 spiro atoms. The molecule has 1 heterocycles. The third-order valence-corrected chi connectivity index (χ3v) is 6.76. The maximum Gasteiger partial charge on any atom is 0.249 e. The Morgan fingerprint density at radius 2 is 1.65 bits per heavy atom. The van der Waals surface area contributed by atoms with Gasteiger partial charge in [-0.15, -0.1) is 0 Å². The number of benzene rings is 5. The molecule has 0 aliphatic heterocycles. The number of nitrogens with two attached hydrogens (primary N) is 1. The van der Waals surface area contributed by atoms with Crippen LogP contribution in [-0.2, 0) is 6.54 Å². The van der Waals surface area contributed by atoms with Crippen molar-refractivity contribution in [3.8, 4) is 11.1 Å². The lowest BCUT2D eigenvalue weighted by molar-refractivity contribution is 0.100. The van der Waals surface area contributed by atoms with Gasteiger partial charge >= 0.3 is 0 Å². The number of nitrogens with zero attached hydrogens (tertiary/aromatic N) is 1. The summed E-state index contributed by atoms with van der Waals surface area (Å²) in [5.41, 5.74) is 13.1. The molecule has 2 N–H and O–H groups in total. The molecule has 6 aromatic rings. The zero-order valence-electron chi connectivity index (χ0n) is 18.9. The number of amides is 1. The van der Waals surface area contributed by atoms with Crippen LogP contribution in [0.5, 0.6) is 0 Å². The molecule has 163 valence electrons. The summed E-state index contributed by atoms with van der Waals surface area (Å²) in [5.74, 6) is -0.425. The molecule has 0 atom stereocenters. The van der Waals surface area contributed by atoms with Gasteiger partial charge in [-0.25, -0.2) is 0 Å². The monoisotopic (exact) mass is 439 g/mol. The van der Waals surface area contributed by atoms with Crippen LogP contribution in [0.2, 0.25) is 0 Å². The Labute approximate surface area is 198 Å². The van der Waals surface area contributed by atoms with Crippen LogP contribution >= 0.6 is 0 Å². The third-order valence-electron chi connectivity index (χ3n) is 6.76. The van der Waals surface area contributed by atoms with Gasteiger partial charge < -0.3 is 10.3 Å². The number of hydrogen-bond donors (Lipinski definition) is 1. The number of hydrogen-bond acceptors (Lipinski definition) is 1. The molecule has 0 saturated heterocycles. The van der Waals surface area contributed by atoms with Gasteiger partial charge in [-0.3, -0.25) is 4.79 Å². The molecule has 34 heavy (non-hydrogen) atoms. The van der Waals surface area contributed by atoms with E-state index in [0.717, 1.165) is 32.9 Å². The van der Waals surface area contributed by atoms with E-state index in [4.69, 9.17) is 5.73 Å². The number of carbonyl (C=O) groups excluding carboxylic acids is 1. The molecule has 1 aromatic heterocycles. The van der Waals surface area contributed by atoms with Crippen molar-refractivity contribution in [1.82, 2.24) is 4.57 Å². The summed E-state index contributed by atoms with van der Waals surface area (Å²) in [6.07, 6.45) is 0. The van der Waals surface area contributed by atoms with E-state index in [1.807, 2.05) is 30.3 Å². The quantitative estimate of drug-likeness (QED) is 0.320. The molecule has 5 aromatic carbocycles. The fraction of sp³-hybridized carbons (Fsp3) is 0.0645. The molecule has 0 saturated carbocycles. The lowest BCUT2D eigenvalue weighted by Gasteiger charge is -2.14. The van der Waals surface area contributed by atoms with Crippen LogP contribution in [0.1, 0.15) is 21.5 Å².